The topological polar surface area (TPSA) is 3.24 Å². The zero-order valence-corrected chi connectivity index (χ0v) is 31.3. The molecule has 0 N–H and O–H groups in total. The van der Waals surface area contributed by atoms with Gasteiger partial charge >= 0.3 is 0 Å². The Bertz CT molecular complexity index is 3020. The summed E-state index contributed by atoms with van der Waals surface area (Å²) in [5.41, 5.74) is 15.5. The lowest BCUT2D eigenvalue weighted by Gasteiger charge is -2.30. The van der Waals surface area contributed by atoms with Gasteiger partial charge < -0.3 is 4.90 Å². The number of nitrogens with zero attached hydrogens (tertiary/aromatic N) is 1. The third-order valence-corrected chi connectivity index (χ3v) is 13.2. The first-order valence-electron chi connectivity index (χ1n) is 18.8. The molecule has 0 aromatic heterocycles. The monoisotopic (exact) mass is 707 g/mol. The largest absolute Gasteiger partial charge is 0.343 e. The molecule has 0 saturated carbocycles. The highest BCUT2D eigenvalue weighted by atomic mass is 32.2. The molecule has 0 spiro atoms. The van der Waals surface area contributed by atoms with Crippen LogP contribution in [0.5, 0.6) is 0 Å². The molecular formula is C52H37NS. The van der Waals surface area contributed by atoms with Crippen LogP contribution in [0.15, 0.2) is 180 Å². The molecule has 9 aromatic carbocycles. The van der Waals surface area contributed by atoms with Gasteiger partial charge in [0.15, 0.2) is 0 Å². The second kappa shape index (κ2) is 11.7. The van der Waals surface area contributed by atoms with E-state index in [1.807, 2.05) is 11.8 Å². The molecule has 0 saturated heterocycles. The Morgan fingerprint density at radius 1 is 0.407 bits per heavy atom. The van der Waals surface area contributed by atoms with E-state index in [0.29, 0.717) is 0 Å². The molecule has 54 heavy (non-hydrogen) atoms. The van der Waals surface area contributed by atoms with Crippen molar-refractivity contribution in [2.75, 3.05) is 11.9 Å². The van der Waals surface area contributed by atoms with E-state index < -0.39 is 0 Å². The van der Waals surface area contributed by atoms with E-state index in [9.17, 15) is 0 Å². The maximum absolute atomic E-state index is 2.47. The van der Waals surface area contributed by atoms with Crippen molar-refractivity contribution in [3.8, 4) is 44.5 Å². The van der Waals surface area contributed by atoms with Crippen molar-refractivity contribution in [2.24, 2.45) is 0 Å². The van der Waals surface area contributed by atoms with Gasteiger partial charge in [0, 0.05) is 22.3 Å². The molecule has 0 bridgehead atoms. The predicted molar refractivity (Wildman–Crippen MR) is 231 cm³/mol. The number of para-hydroxylation sites is 1. The molecule has 0 atom stereocenters. The summed E-state index contributed by atoms with van der Waals surface area (Å²) in [4.78, 5) is 4.93. The number of hydrogen-bond donors (Lipinski definition) is 0. The van der Waals surface area contributed by atoms with Gasteiger partial charge in [0.2, 0.25) is 0 Å². The van der Waals surface area contributed by atoms with Crippen molar-refractivity contribution in [3.63, 3.8) is 0 Å². The second-order valence-electron chi connectivity index (χ2n) is 15.3. The lowest BCUT2D eigenvalue weighted by atomic mass is 9.81. The fourth-order valence-corrected chi connectivity index (χ4v) is 10.5. The maximum atomic E-state index is 2.47. The summed E-state index contributed by atoms with van der Waals surface area (Å²) in [6.07, 6.45) is 0. The van der Waals surface area contributed by atoms with Gasteiger partial charge in [-0.15, -0.1) is 0 Å². The standard InChI is InChI=1S/C52H37NS/c1-52(2)44-20-9-8-16-38(44)42-30-34(24-27-45(42)52)51-40-18-7-6-17-39(40)50(35-25-28-49-47(31-35)53(3)46-21-10-11-22-48(46)54-49)41-26-23-33(29-43(41)51)37-19-12-14-32-13-4-5-15-36(32)37/h4-31H,1-3H3. The Morgan fingerprint density at radius 3 is 1.87 bits per heavy atom. The minimum atomic E-state index is -0.0433. The molecule has 1 aliphatic heterocycles. The van der Waals surface area contributed by atoms with Crippen molar-refractivity contribution in [3.05, 3.63) is 181 Å². The molecule has 0 amide bonds. The number of hydrogen-bond acceptors (Lipinski definition) is 2. The minimum absolute atomic E-state index is 0.0433. The second-order valence-corrected chi connectivity index (χ2v) is 16.4. The Kier molecular flexibility index (Phi) is 6.81. The van der Waals surface area contributed by atoms with Crippen molar-refractivity contribution in [2.45, 2.75) is 29.1 Å². The van der Waals surface area contributed by atoms with Crippen LogP contribution in [-0.2, 0) is 5.41 Å². The summed E-state index contributed by atoms with van der Waals surface area (Å²) in [6.45, 7) is 4.72. The van der Waals surface area contributed by atoms with Gasteiger partial charge in [-0.05, 0) is 124 Å². The van der Waals surface area contributed by atoms with Gasteiger partial charge in [-0.1, -0.05) is 159 Å². The molecule has 0 radical (unpaired) electrons. The average Bonchev–Trinajstić information content (AvgIpc) is 3.45. The lowest BCUT2D eigenvalue weighted by Crippen LogP contribution is -2.14. The summed E-state index contributed by atoms with van der Waals surface area (Å²) in [5.74, 6) is 0. The highest BCUT2D eigenvalue weighted by molar-refractivity contribution is 7.99. The molecule has 256 valence electrons. The highest BCUT2D eigenvalue weighted by Crippen LogP contribution is 2.53. The summed E-state index contributed by atoms with van der Waals surface area (Å²) in [6, 6.07) is 63.6. The molecule has 9 aromatic rings. The first-order valence-corrected chi connectivity index (χ1v) is 19.6. The molecule has 2 aliphatic rings. The van der Waals surface area contributed by atoms with Gasteiger partial charge in [-0.2, -0.15) is 0 Å². The van der Waals surface area contributed by atoms with Crippen LogP contribution in [0.3, 0.4) is 0 Å². The fourth-order valence-electron chi connectivity index (χ4n) is 9.41. The van der Waals surface area contributed by atoms with Crippen LogP contribution in [-0.4, -0.2) is 7.05 Å². The van der Waals surface area contributed by atoms with Gasteiger partial charge in [0.1, 0.15) is 0 Å². The number of rotatable bonds is 3. The first-order chi connectivity index (χ1) is 26.5. The Morgan fingerprint density at radius 2 is 1.00 bits per heavy atom. The van der Waals surface area contributed by atoms with Crippen LogP contribution in [0, 0.1) is 0 Å². The molecule has 2 heteroatoms. The van der Waals surface area contributed by atoms with Crippen molar-refractivity contribution >= 4 is 55.5 Å². The van der Waals surface area contributed by atoms with Crippen LogP contribution in [0.1, 0.15) is 25.0 Å². The summed E-state index contributed by atoms with van der Waals surface area (Å²) < 4.78 is 0. The predicted octanol–water partition coefficient (Wildman–Crippen LogP) is 14.7. The van der Waals surface area contributed by atoms with Gasteiger partial charge in [-0.25, -0.2) is 0 Å². The maximum Gasteiger partial charge on any atom is 0.0556 e. The first kappa shape index (κ1) is 31.4. The van der Waals surface area contributed by atoms with E-state index in [1.165, 1.54) is 109 Å². The van der Waals surface area contributed by atoms with E-state index in [0.717, 1.165) is 0 Å². The third-order valence-electron chi connectivity index (χ3n) is 12.1. The highest BCUT2D eigenvalue weighted by Gasteiger charge is 2.35. The molecule has 1 heterocycles. The molecule has 1 nitrogen and oxygen atoms in total. The summed E-state index contributed by atoms with van der Waals surface area (Å²) in [5, 5.41) is 7.60. The molecule has 1 aliphatic carbocycles. The molecule has 11 rings (SSSR count). The summed E-state index contributed by atoms with van der Waals surface area (Å²) in [7, 11) is 2.20. The van der Waals surface area contributed by atoms with Gasteiger partial charge in [0.05, 0.1) is 11.4 Å². The smallest absolute Gasteiger partial charge is 0.0556 e. The molecular weight excluding hydrogens is 671 g/mol. The van der Waals surface area contributed by atoms with E-state index in [2.05, 4.69) is 196 Å². The van der Waals surface area contributed by atoms with E-state index >= 15 is 0 Å². The van der Waals surface area contributed by atoms with Crippen LogP contribution < -0.4 is 4.90 Å². The molecule has 0 fully saturated rings. The van der Waals surface area contributed by atoms with Crippen molar-refractivity contribution < 1.29 is 0 Å². The zero-order valence-electron chi connectivity index (χ0n) is 30.5. The van der Waals surface area contributed by atoms with E-state index in [1.54, 1.807) is 0 Å². The average molecular weight is 708 g/mol. The van der Waals surface area contributed by atoms with Crippen molar-refractivity contribution in [1.29, 1.82) is 0 Å². The van der Waals surface area contributed by atoms with Crippen molar-refractivity contribution in [1.82, 2.24) is 0 Å². The van der Waals surface area contributed by atoms with E-state index in [-0.39, 0.29) is 5.41 Å². The van der Waals surface area contributed by atoms with Crippen LogP contribution in [0.2, 0.25) is 0 Å². The Balaban J connectivity index is 1.21. The van der Waals surface area contributed by atoms with E-state index in [4.69, 9.17) is 0 Å². The molecule has 0 unspecified atom stereocenters. The number of fused-ring (bicyclic) bond motifs is 8. The Hall–Kier alpha value is -6.09. The summed E-state index contributed by atoms with van der Waals surface area (Å²) >= 11 is 1.86. The lowest BCUT2D eigenvalue weighted by molar-refractivity contribution is 0.660. The van der Waals surface area contributed by atoms with Crippen LogP contribution in [0.25, 0.3) is 76.8 Å². The van der Waals surface area contributed by atoms with Crippen LogP contribution >= 0.6 is 11.8 Å². The third kappa shape index (κ3) is 4.53. The minimum Gasteiger partial charge on any atom is -0.343 e. The van der Waals surface area contributed by atoms with Gasteiger partial charge in [-0.3, -0.25) is 0 Å². The quantitative estimate of drug-likeness (QED) is 0.168. The number of benzene rings is 9. The normalized spacial score (nSPS) is 13.9. The SMILES string of the molecule is CN1c2ccccc2Sc2ccc(-c3c4ccccc4c(-c4ccc5c(c4)-c4ccccc4C5(C)C)c4cc(-c5cccc6ccccc56)ccc34)cc21. The van der Waals surface area contributed by atoms with Crippen LogP contribution in [0.4, 0.5) is 11.4 Å². The zero-order chi connectivity index (χ0) is 36.1. The fraction of sp³-hybridized carbons (Fsp3) is 0.0769. The Labute approximate surface area is 320 Å². The number of anilines is 2. The van der Waals surface area contributed by atoms with Gasteiger partial charge in [0.25, 0.3) is 0 Å².